The van der Waals surface area contributed by atoms with Crippen molar-refractivity contribution >= 4 is 41.7 Å². The standard InChI is InChI=1S/C28H52N8O7/c1-16(2)13-21(26(41)32-15-23(38)31-11-12-37)36-27(42)20(9-7-8-10-29)34-25(40)19(6)33-28(43)22(14-17(3)4)35-24(39)18(5)30/h12,16-22H,7-11,13-15,29-30H2,1-6H3,(H,31,38)(H,32,41)(H,33,43)(H,34,40)(H,35,39)(H,36,42)/t18-,19-,20-,21-,22-/m0/s1. The first-order valence-corrected chi connectivity index (χ1v) is 14.8. The topological polar surface area (TPSA) is 244 Å². The largest absolute Gasteiger partial charge is 0.348 e. The van der Waals surface area contributed by atoms with Gasteiger partial charge < -0.3 is 48.2 Å². The number of nitrogens with one attached hydrogen (secondary N) is 6. The van der Waals surface area contributed by atoms with Crippen molar-refractivity contribution in [2.24, 2.45) is 23.3 Å². The predicted octanol–water partition coefficient (Wildman–Crippen LogP) is -2.05. The van der Waals surface area contributed by atoms with Crippen LogP contribution in [0.2, 0.25) is 0 Å². The van der Waals surface area contributed by atoms with E-state index >= 15 is 0 Å². The van der Waals surface area contributed by atoms with Gasteiger partial charge in [0.15, 0.2) is 0 Å². The van der Waals surface area contributed by atoms with Gasteiger partial charge in [-0.1, -0.05) is 27.7 Å². The molecule has 0 unspecified atom stereocenters. The zero-order valence-corrected chi connectivity index (χ0v) is 26.3. The predicted molar refractivity (Wildman–Crippen MR) is 161 cm³/mol. The molecule has 43 heavy (non-hydrogen) atoms. The van der Waals surface area contributed by atoms with Crippen molar-refractivity contribution < 1.29 is 33.6 Å². The Hall–Kier alpha value is -3.59. The van der Waals surface area contributed by atoms with Gasteiger partial charge in [-0.15, -0.1) is 0 Å². The second-order valence-corrected chi connectivity index (χ2v) is 11.4. The molecule has 10 N–H and O–H groups in total. The van der Waals surface area contributed by atoms with Gasteiger partial charge in [-0.2, -0.15) is 0 Å². The number of rotatable bonds is 21. The third kappa shape index (κ3) is 17.2. The number of unbranched alkanes of at least 4 members (excludes halogenated alkanes) is 1. The molecule has 0 saturated carbocycles. The van der Waals surface area contributed by atoms with Crippen LogP contribution in [0.3, 0.4) is 0 Å². The third-order valence-corrected chi connectivity index (χ3v) is 6.23. The summed E-state index contributed by atoms with van der Waals surface area (Å²) in [5, 5.41) is 15.3. The van der Waals surface area contributed by atoms with Crippen LogP contribution in [0.5, 0.6) is 0 Å². The lowest BCUT2D eigenvalue weighted by Gasteiger charge is -2.26. The summed E-state index contributed by atoms with van der Waals surface area (Å²) in [4.78, 5) is 86.5. The minimum Gasteiger partial charge on any atom is -0.348 e. The number of nitrogens with two attached hydrogens (primary N) is 2. The number of amides is 6. The number of carbonyl (C=O) groups excluding carboxylic acids is 7. The zero-order chi connectivity index (χ0) is 33.1. The van der Waals surface area contributed by atoms with E-state index in [4.69, 9.17) is 11.5 Å². The molecule has 0 aromatic carbocycles. The van der Waals surface area contributed by atoms with Crippen molar-refractivity contribution in [3.8, 4) is 0 Å². The molecule has 0 spiro atoms. The number of hydrogen-bond acceptors (Lipinski definition) is 9. The average molecular weight is 613 g/mol. The Kier molecular flexibility index (Phi) is 19.4. The minimum atomic E-state index is -1.06. The molecule has 246 valence electrons. The van der Waals surface area contributed by atoms with E-state index in [2.05, 4.69) is 31.9 Å². The summed E-state index contributed by atoms with van der Waals surface area (Å²) in [5.74, 6) is -3.42. The van der Waals surface area contributed by atoms with Gasteiger partial charge >= 0.3 is 0 Å². The smallest absolute Gasteiger partial charge is 0.243 e. The fraction of sp³-hybridized carbons (Fsp3) is 0.750. The van der Waals surface area contributed by atoms with Gasteiger partial charge in [-0.05, 0) is 64.3 Å². The molecule has 15 nitrogen and oxygen atoms in total. The van der Waals surface area contributed by atoms with Crippen LogP contribution in [-0.2, 0) is 33.6 Å². The van der Waals surface area contributed by atoms with Crippen LogP contribution < -0.4 is 43.4 Å². The van der Waals surface area contributed by atoms with E-state index in [9.17, 15) is 33.6 Å². The van der Waals surface area contributed by atoms with E-state index < -0.39 is 65.7 Å². The fourth-order valence-corrected chi connectivity index (χ4v) is 3.93. The number of hydrogen-bond donors (Lipinski definition) is 8. The third-order valence-electron chi connectivity index (χ3n) is 6.23. The minimum absolute atomic E-state index is 0.00184. The summed E-state index contributed by atoms with van der Waals surface area (Å²) in [5.41, 5.74) is 11.2. The van der Waals surface area contributed by atoms with Crippen molar-refractivity contribution in [1.29, 1.82) is 0 Å². The van der Waals surface area contributed by atoms with Gasteiger partial charge in [0.05, 0.1) is 19.1 Å². The van der Waals surface area contributed by atoms with Crippen LogP contribution in [0.1, 0.15) is 73.6 Å². The summed E-state index contributed by atoms with van der Waals surface area (Å²) >= 11 is 0. The summed E-state index contributed by atoms with van der Waals surface area (Å²) in [6.45, 7) is 10.2. The highest BCUT2D eigenvalue weighted by Gasteiger charge is 2.30. The summed E-state index contributed by atoms with van der Waals surface area (Å²) in [7, 11) is 0. The van der Waals surface area contributed by atoms with E-state index in [0.29, 0.717) is 32.1 Å². The molecule has 0 aliphatic carbocycles. The number of carbonyl (C=O) groups is 7. The molecule has 6 amide bonds. The monoisotopic (exact) mass is 612 g/mol. The average Bonchev–Trinajstić information content (AvgIpc) is 2.92. The quantitative estimate of drug-likeness (QED) is 0.0524. The molecule has 15 heteroatoms. The van der Waals surface area contributed by atoms with E-state index in [1.165, 1.54) is 13.8 Å². The van der Waals surface area contributed by atoms with Crippen molar-refractivity contribution in [3.05, 3.63) is 0 Å². The second-order valence-electron chi connectivity index (χ2n) is 11.4. The highest BCUT2D eigenvalue weighted by atomic mass is 16.2. The molecule has 0 saturated heterocycles. The van der Waals surface area contributed by atoms with Gasteiger partial charge in [-0.3, -0.25) is 28.8 Å². The normalized spacial score (nSPS) is 14.5. The molecular formula is C28H52N8O7. The van der Waals surface area contributed by atoms with E-state index in [-0.39, 0.29) is 37.8 Å². The lowest BCUT2D eigenvalue weighted by Crippen LogP contribution is -2.58. The molecule has 0 radical (unpaired) electrons. The molecule has 0 aromatic heterocycles. The van der Waals surface area contributed by atoms with Gasteiger partial charge in [0.25, 0.3) is 0 Å². The Morgan fingerprint density at radius 2 is 1.16 bits per heavy atom. The van der Waals surface area contributed by atoms with Gasteiger partial charge in [-0.25, -0.2) is 0 Å². The van der Waals surface area contributed by atoms with Crippen molar-refractivity contribution in [3.63, 3.8) is 0 Å². The SMILES string of the molecule is CC(C)C[C@H](NC(=O)[C@H](C)N)C(=O)N[C@@H](C)C(=O)N[C@@H](CCCCN)C(=O)N[C@@H](CC(C)C)C(=O)NCC(=O)NCC=O. The Morgan fingerprint density at radius 1 is 0.651 bits per heavy atom. The molecular weight excluding hydrogens is 560 g/mol. The van der Waals surface area contributed by atoms with Crippen LogP contribution in [0.15, 0.2) is 0 Å². The maximum absolute atomic E-state index is 13.3. The molecule has 0 rings (SSSR count). The summed E-state index contributed by atoms with van der Waals surface area (Å²) in [6.07, 6.45) is 2.41. The van der Waals surface area contributed by atoms with Gasteiger partial charge in [0.2, 0.25) is 35.4 Å². The molecule has 0 heterocycles. The summed E-state index contributed by atoms with van der Waals surface area (Å²) < 4.78 is 0. The second kappa shape index (κ2) is 21.2. The van der Waals surface area contributed by atoms with Crippen molar-refractivity contribution in [2.45, 2.75) is 104 Å². The van der Waals surface area contributed by atoms with Crippen LogP contribution >= 0.6 is 0 Å². The highest BCUT2D eigenvalue weighted by Crippen LogP contribution is 2.09. The van der Waals surface area contributed by atoms with Gasteiger partial charge in [0, 0.05) is 0 Å². The van der Waals surface area contributed by atoms with Crippen LogP contribution in [0.25, 0.3) is 0 Å². The fourth-order valence-electron chi connectivity index (χ4n) is 3.93. The van der Waals surface area contributed by atoms with Crippen molar-refractivity contribution in [1.82, 2.24) is 31.9 Å². The number of aldehydes is 1. The van der Waals surface area contributed by atoms with Crippen molar-refractivity contribution in [2.75, 3.05) is 19.6 Å². The lowest BCUT2D eigenvalue weighted by atomic mass is 10.0. The van der Waals surface area contributed by atoms with Gasteiger partial charge in [0.1, 0.15) is 30.5 Å². The zero-order valence-electron chi connectivity index (χ0n) is 26.3. The van der Waals surface area contributed by atoms with E-state index in [1.807, 2.05) is 27.7 Å². The Labute approximate surface area is 254 Å². The Morgan fingerprint density at radius 3 is 1.67 bits per heavy atom. The first-order valence-electron chi connectivity index (χ1n) is 14.8. The van der Waals surface area contributed by atoms with Crippen LogP contribution in [-0.4, -0.2) is 91.6 Å². The molecule has 0 fully saturated rings. The Balaban J connectivity index is 5.57. The Bertz CT molecular complexity index is 942. The van der Waals surface area contributed by atoms with Crippen LogP contribution in [0, 0.1) is 11.8 Å². The van der Waals surface area contributed by atoms with Crippen LogP contribution in [0.4, 0.5) is 0 Å². The van der Waals surface area contributed by atoms with E-state index in [0.717, 1.165) is 0 Å². The summed E-state index contributed by atoms with van der Waals surface area (Å²) in [6, 6.07) is -4.83. The maximum atomic E-state index is 13.3. The van der Waals surface area contributed by atoms with E-state index in [1.54, 1.807) is 0 Å². The molecule has 5 atom stereocenters. The molecule has 0 aliphatic heterocycles. The molecule has 0 bridgehead atoms. The highest BCUT2D eigenvalue weighted by molar-refractivity contribution is 5.96. The molecule has 0 aromatic rings. The first kappa shape index (κ1) is 39.4. The lowest BCUT2D eigenvalue weighted by molar-refractivity contribution is -0.135. The molecule has 0 aliphatic rings. The first-order chi connectivity index (χ1) is 20.1. The maximum Gasteiger partial charge on any atom is 0.243 e.